The predicted molar refractivity (Wildman–Crippen MR) is 333 cm³/mol. The molecule has 0 aromatic carbocycles. The van der Waals surface area contributed by atoms with Crippen molar-refractivity contribution in [2.45, 2.75) is 373 Å². The molecule has 0 heterocycles. The number of hydrogen-bond acceptors (Lipinski definition) is 5. The van der Waals surface area contributed by atoms with Gasteiger partial charge in [-0.25, -0.2) is 0 Å². The summed E-state index contributed by atoms with van der Waals surface area (Å²) >= 11 is 0. The highest BCUT2D eigenvalue weighted by molar-refractivity contribution is 5.76. The minimum Gasteiger partial charge on any atom is -0.466 e. The number of aliphatic hydroxyl groups is 2. The number of aliphatic hydroxyl groups excluding tert-OH is 2. The first-order chi connectivity index (χ1) is 37.5. The molecule has 0 aliphatic heterocycles. The van der Waals surface area contributed by atoms with E-state index < -0.39 is 12.1 Å². The van der Waals surface area contributed by atoms with Crippen LogP contribution in [-0.2, 0) is 14.3 Å². The van der Waals surface area contributed by atoms with Gasteiger partial charge in [0.1, 0.15) is 0 Å². The van der Waals surface area contributed by atoms with Crippen LogP contribution in [0.5, 0.6) is 0 Å². The van der Waals surface area contributed by atoms with E-state index in [9.17, 15) is 19.8 Å². The molecule has 0 spiro atoms. The average Bonchev–Trinajstić information content (AvgIpc) is 3.42. The molecule has 6 heteroatoms. The molecule has 76 heavy (non-hydrogen) atoms. The summed E-state index contributed by atoms with van der Waals surface area (Å²) in [6, 6.07) is -0.625. The zero-order valence-corrected chi connectivity index (χ0v) is 51.0. The Labute approximate surface area is 474 Å². The van der Waals surface area contributed by atoms with Gasteiger partial charge in [-0.3, -0.25) is 9.59 Å². The second-order valence-corrected chi connectivity index (χ2v) is 23.1. The topological polar surface area (TPSA) is 95.9 Å². The van der Waals surface area contributed by atoms with Crippen molar-refractivity contribution < 1.29 is 24.5 Å². The number of amides is 1. The number of unbranched alkanes of at least 4 members (excludes halogenated alkanes) is 46. The van der Waals surface area contributed by atoms with E-state index in [2.05, 4.69) is 55.6 Å². The molecular formula is C70H131NO5. The Bertz CT molecular complexity index is 1270. The Hall–Kier alpha value is -2.18. The van der Waals surface area contributed by atoms with Gasteiger partial charge >= 0.3 is 5.97 Å². The fraction of sp³-hybridized carbons (Fsp3) is 0.857. The molecule has 3 N–H and O–H groups in total. The first-order valence-electron chi connectivity index (χ1n) is 33.9. The summed E-state index contributed by atoms with van der Waals surface area (Å²) in [4.78, 5) is 24.5. The van der Waals surface area contributed by atoms with Gasteiger partial charge in [0.25, 0.3) is 0 Å². The van der Waals surface area contributed by atoms with Gasteiger partial charge in [-0.05, 0) is 83.5 Å². The Morgan fingerprint density at radius 2 is 0.671 bits per heavy atom. The van der Waals surface area contributed by atoms with E-state index in [4.69, 9.17) is 4.74 Å². The number of rotatable bonds is 63. The van der Waals surface area contributed by atoms with Crippen LogP contribution in [0.15, 0.2) is 48.6 Å². The van der Waals surface area contributed by atoms with Gasteiger partial charge in [0.15, 0.2) is 0 Å². The normalized spacial score (nSPS) is 12.8. The smallest absolute Gasteiger partial charge is 0.305 e. The van der Waals surface area contributed by atoms with Crippen LogP contribution in [-0.4, -0.2) is 47.4 Å². The standard InChI is InChI=1S/C70H131NO5/c1-3-5-7-9-11-13-15-17-40-44-48-52-56-60-64-70(75)76-65-61-57-53-49-45-41-37-35-33-31-29-27-25-23-21-19-18-20-22-24-26-28-30-32-34-36-39-43-47-51-55-59-63-69(74)71-67(66-72)68(73)62-58-54-50-46-42-38-16-14-12-10-8-6-4-2/h9,11,15,17,21,23,58,62,67-68,72-73H,3-8,10,12-14,16,18-20,22,24-57,59-61,63-66H2,1-2H3,(H,71,74)/b11-9-,17-15-,23-21-,62-58+. The van der Waals surface area contributed by atoms with Crippen LogP contribution in [0.25, 0.3) is 0 Å². The van der Waals surface area contributed by atoms with Crippen LogP contribution in [0.4, 0.5) is 0 Å². The summed E-state index contributed by atoms with van der Waals surface area (Å²) in [6.07, 6.45) is 84.7. The van der Waals surface area contributed by atoms with Gasteiger partial charge in [-0.15, -0.1) is 0 Å². The molecule has 0 bridgehead atoms. The highest BCUT2D eigenvalue weighted by atomic mass is 16.5. The summed E-state index contributed by atoms with van der Waals surface area (Å²) in [5, 5.41) is 23.1. The van der Waals surface area contributed by atoms with Crippen molar-refractivity contribution in [1.29, 1.82) is 0 Å². The molecule has 0 saturated heterocycles. The second-order valence-electron chi connectivity index (χ2n) is 23.1. The highest BCUT2D eigenvalue weighted by Crippen LogP contribution is 2.18. The molecule has 0 aromatic heterocycles. The van der Waals surface area contributed by atoms with Gasteiger partial charge in [0.2, 0.25) is 5.91 Å². The zero-order chi connectivity index (χ0) is 55.0. The first-order valence-corrected chi connectivity index (χ1v) is 33.9. The summed E-state index contributed by atoms with van der Waals surface area (Å²) in [7, 11) is 0. The van der Waals surface area contributed by atoms with E-state index in [1.54, 1.807) is 6.08 Å². The summed E-state index contributed by atoms with van der Waals surface area (Å²) < 4.78 is 5.48. The Morgan fingerprint density at radius 3 is 1.05 bits per heavy atom. The number of ether oxygens (including phenoxy) is 1. The van der Waals surface area contributed by atoms with Crippen molar-refractivity contribution in [3.63, 3.8) is 0 Å². The molecule has 446 valence electrons. The lowest BCUT2D eigenvalue weighted by molar-refractivity contribution is -0.143. The number of allylic oxidation sites excluding steroid dienone is 7. The number of carbonyl (C=O) groups excluding carboxylic acids is 2. The minimum absolute atomic E-state index is 0.00309. The van der Waals surface area contributed by atoms with Gasteiger partial charge in [0, 0.05) is 12.8 Å². The van der Waals surface area contributed by atoms with Crippen LogP contribution < -0.4 is 5.32 Å². The van der Waals surface area contributed by atoms with Crippen LogP contribution in [0, 0.1) is 0 Å². The van der Waals surface area contributed by atoms with Crippen molar-refractivity contribution in [2.24, 2.45) is 0 Å². The lowest BCUT2D eigenvalue weighted by Gasteiger charge is -2.20. The van der Waals surface area contributed by atoms with E-state index in [0.717, 1.165) is 51.4 Å². The molecule has 0 saturated carbocycles. The van der Waals surface area contributed by atoms with Crippen molar-refractivity contribution in [1.82, 2.24) is 5.32 Å². The molecule has 6 nitrogen and oxygen atoms in total. The quantitative estimate of drug-likeness (QED) is 0.0320. The molecule has 2 atom stereocenters. The Morgan fingerprint density at radius 1 is 0.368 bits per heavy atom. The third-order valence-electron chi connectivity index (χ3n) is 15.6. The first kappa shape index (κ1) is 73.8. The molecule has 0 radical (unpaired) electrons. The van der Waals surface area contributed by atoms with E-state index in [-0.39, 0.29) is 18.5 Å². The summed E-state index contributed by atoms with van der Waals surface area (Å²) in [5.41, 5.74) is 0. The van der Waals surface area contributed by atoms with E-state index in [1.807, 2.05) is 6.08 Å². The third kappa shape index (κ3) is 61.0. The molecule has 0 rings (SSSR count). The highest BCUT2D eigenvalue weighted by Gasteiger charge is 2.18. The zero-order valence-electron chi connectivity index (χ0n) is 51.0. The maximum absolute atomic E-state index is 12.5. The molecule has 0 aliphatic carbocycles. The molecular weight excluding hydrogens is 935 g/mol. The number of esters is 1. The minimum atomic E-state index is -0.842. The number of nitrogens with one attached hydrogen (secondary N) is 1. The van der Waals surface area contributed by atoms with Crippen LogP contribution >= 0.6 is 0 Å². The average molecular weight is 1070 g/mol. The second kappa shape index (κ2) is 65.3. The van der Waals surface area contributed by atoms with Crippen LogP contribution in [0.3, 0.4) is 0 Å². The van der Waals surface area contributed by atoms with Crippen LogP contribution in [0.1, 0.15) is 361 Å². The lowest BCUT2D eigenvalue weighted by atomic mass is 10.0. The van der Waals surface area contributed by atoms with E-state index >= 15 is 0 Å². The van der Waals surface area contributed by atoms with Gasteiger partial charge in [-0.2, -0.15) is 0 Å². The SMILES string of the molecule is CCCC/C=C\C/C=C\CCCCCCCC(=O)OCCCCCCCCCCCCCC/C=C\CCCCCCCCCCCCCCCCCCC(=O)NC(CO)C(O)/C=C/CCCCCCCCCCCCC. The fourth-order valence-electron chi connectivity index (χ4n) is 10.4. The lowest BCUT2D eigenvalue weighted by Crippen LogP contribution is -2.45. The predicted octanol–water partition coefficient (Wildman–Crippen LogP) is 21.7. The van der Waals surface area contributed by atoms with Crippen molar-refractivity contribution in [2.75, 3.05) is 13.2 Å². The van der Waals surface area contributed by atoms with Crippen molar-refractivity contribution in [3.8, 4) is 0 Å². The van der Waals surface area contributed by atoms with Crippen molar-refractivity contribution in [3.05, 3.63) is 48.6 Å². The van der Waals surface area contributed by atoms with Gasteiger partial charge in [-0.1, -0.05) is 313 Å². The Kier molecular flexibility index (Phi) is 63.5. The maximum Gasteiger partial charge on any atom is 0.305 e. The van der Waals surface area contributed by atoms with E-state index in [0.29, 0.717) is 19.4 Å². The van der Waals surface area contributed by atoms with E-state index in [1.165, 1.54) is 283 Å². The molecule has 0 fully saturated rings. The van der Waals surface area contributed by atoms with Gasteiger partial charge in [0.05, 0.1) is 25.4 Å². The summed E-state index contributed by atoms with van der Waals surface area (Å²) in [6.45, 7) is 4.87. The van der Waals surface area contributed by atoms with Crippen LogP contribution in [0.2, 0.25) is 0 Å². The molecule has 2 unspecified atom stereocenters. The van der Waals surface area contributed by atoms with Gasteiger partial charge < -0.3 is 20.3 Å². The largest absolute Gasteiger partial charge is 0.466 e. The third-order valence-corrected chi connectivity index (χ3v) is 15.6. The van der Waals surface area contributed by atoms with Crippen molar-refractivity contribution >= 4 is 11.9 Å². The number of carbonyl (C=O) groups is 2. The molecule has 0 aliphatic rings. The molecule has 1 amide bonds. The Balaban J connectivity index is 3.37. The monoisotopic (exact) mass is 1070 g/mol. The molecule has 0 aromatic rings. The number of hydrogen-bond donors (Lipinski definition) is 3. The summed E-state index contributed by atoms with van der Waals surface area (Å²) in [5.74, 6) is -0.0617. The maximum atomic E-state index is 12.5. The fourth-order valence-corrected chi connectivity index (χ4v) is 10.4.